The minimum Gasteiger partial charge on any atom is -0.492 e. The van der Waals surface area contributed by atoms with Gasteiger partial charge in [0.05, 0.1) is 16.5 Å². The largest absolute Gasteiger partial charge is 0.492 e. The number of carbonyl (C=O) groups is 1. The zero-order valence-electron chi connectivity index (χ0n) is 15.8. The number of carbonyl (C=O) groups excluding carboxylic acids is 1. The molecule has 0 unspecified atom stereocenters. The molecule has 2 heterocycles. The molecule has 0 spiro atoms. The van der Waals surface area contributed by atoms with Gasteiger partial charge in [0, 0.05) is 16.7 Å². The Bertz CT molecular complexity index is 1170. The second-order valence-electron chi connectivity index (χ2n) is 6.21. The van der Waals surface area contributed by atoms with Crippen LogP contribution in [0.2, 0.25) is 10.0 Å². The Labute approximate surface area is 187 Å². The average Bonchev–Trinajstić information content (AvgIpc) is 3.32. The van der Waals surface area contributed by atoms with Gasteiger partial charge >= 0.3 is 0 Å². The van der Waals surface area contributed by atoms with Crippen LogP contribution in [0, 0.1) is 0 Å². The highest BCUT2D eigenvalue weighted by Crippen LogP contribution is 2.35. The van der Waals surface area contributed by atoms with Crippen molar-refractivity contribution in [1.82, 2.24) is 5.32 Å². The van der Waals surface area contributed by atoms with E-state index in [-0.39, 0.29) is 5.91 Å². The van der Waals surface area contributed by atoms with E-state index in [0.29, 0.717) is 55.2 Å². The number of hydrogen-bond donors (Lipinski definition) is 1. The molecule has 4 rings (SSSR count). The first-order valence-corrected chi connectivity index (χ1v) is 10.7. The van der Waals surface area contributed by atoms with Crippen molar-refractivity contribution in [3.05, 3.63) is 75.3 Å². The predicted molar refractivity (Wildman–Crippen MR) is 123 cm³/mol. The second-order valence-corrected chi connectivity index (χ2v) is 8.08. The molecule has 3 aromatic rings. The fraction of sp³-hybridized carbons (Fsp3) is 0.0909. The number of nitrogens with zero attached hydrogens (tertiary/aromatic N) is 1. The van der Waals surface area contributed by atoms with E-state index >= 15 is 0 Å². The average molecular weight is 459 g/mol. The van der Waals surface area contributed by atoms with E-state index in [1.165, 1.54) is 11.8 Å². The number of furan rings is 1. The molecule has 5 nitrogen and oxygen atoms in total. The first-order chi connectivity index (χ1) is 14.5. The third-order valence-corrected chi connectivity index (χ3v) is 5.61. The number of aliphatic imine (C=N–C) groups is 1. The lowest BCUT2D eigenvalue weighted by Gasteiger charge is -2.06. The number of rotatable bonds is 5. The van der Waals surface area contributed by atoms with Crippen LogP contribution in [0.15, 0.2) is 68.9 Å². The fourth-order valence-corrected chi connectivity index (χ4v) is 4.01. The van der Waals surface area contributed by atoms with Crippen LogP contribution in [-0.4, -0.2) is 17.7 Å². The number of para-hydroxylation sites is 2. The molecule has 2 aromatic carbocycles. The van der Waals surface area contributed by atoms with Gasteiger partial charge in [0.2, 0.25) is 0 Å². The van der Waals surface area contributed by atoms with Crippen LogP contribution in [0.3, 0.4) is 0 Å². The van der Waals surface area contributed by atoms with Crippen LogP contribution in [-0.2, 0) is 4.79 Å². The lowest BCUT2D eigenvalue weighted by molar-refractivity contribution is -0.115. The van der Waals surface area contributed by atoms with Crippen LogP contribution in [0.5, 0.6) is 5.75 Å². The molecule has 0 saturated carbocycles. The molecule has 1 aromatic heterocycles. The topological polar surface area (TPSA) is 63.8 Å². The van der Waals surface area contributed by atoms with E-state index in [4.69, 9.17) is 32.4 Å². The Hall–Kier alpha value is -2.67. The van der Waals surface area contributed by atoms with Gasteiger partial charge < -0.3 is 14.5 Å². The third-order valence-electron chi connectivity index (χ3n) is 4.13. The molecule has 0 radical (unpaired) electrons. The third kappa shape index (κ3) is 4.56. The zero-order valence-corrected chi connectivity index (χ0v) is 18.1. The first kappa shape index (κ1) is 20.6. The zero-order chi connectivity index (χ0) is 21.1. The van der Waals surface area contributed by atoms with E-state index in [9.17, 15) is 4.79 Å². The lowest BCUT2D eigenvalue weighted by atomic mass is 10.2. The molecule has 1 aliphatic heterocycles. The summed E-state index contributed by atoms with van der Waals surface area (Å²) >= 11 is 13.5. The van der Waals surface area contributed by atoms with Crippen molar-refractivity contribution in [2.24, 2.45) is 4.99 Å². The Balaban J connectivity index is 1.57. The summed E-state index contributed by atoms with van der Waals surface area (Å²) in [5.74, 6) is 1.51. The van der Waals surface area contributed by atoms with Gasteiger partial charge in [-0.3, -0.25) is 4.79 Å². The van der Waals surface area contributed by atoms with E-state index in [1.54, 1.807) is 36.4 Å². The fourth-order valence-electron chi connectivity index (χ4n) is 2.81. The highest BCUT2D eigenvalue weighted by molar-refractivity contribution is 8.18. The number of nitrogens with one attached hydrogen (secondary N) is 1. The Kier molecular flexibility index (Phi) is 6.18. The summed E-state index contributed by atoms with van der Waals surface area (Å²) in [4.78, 5) is 17.4. The summed E-state index contributed by atoms with van der Waals surface area (Å²) in [6.45, 7) is 2.44. The monoisotopic (exact) mass is 458 g/mol. The minimum absolute atomic E-state index is 0.244. The summed E-state index contributed by atoms with van der Waals surface area (Å²) < 4.78 is 11.4. The Morgan fingerprint density at radius 1 is 1.17 bits per heavy atom. The van der Waals surface area contributed by atoms with Gasteiger partial charge in [-0.15, -0.1) is 0 Å². The summed E-state index contributed by atoms with van der Waals surface area (Å²) in [6.07, 6.45) is 1.67. The molecule has 1 N–H and O–H groups in total. The van der Waals surface area contributed by atoms with Crippen LogP contribution >= 0.6 is 35.0 Å². The van der Waals surface area contributed by atoms with Gasteiger partial charge in [-0.05, 0) is 61.2 Å². The van der Waals surface area contributed by atoms with Gasteiger partial charge in [0.25, 0.3) is 5.91 Å². The molecule has 152 valence electrons. The normalized spacial score (nSPS) is 16.3. The highest BCUT2D eigenvalue weighted by atomic mass is 35.5. The number of halogens is 2. The van der Waals surface area contributed by atoms with Crippen molar-refractivity contribution >= 4 is 57.8 Å². The molecule has 30 heavy (non-hydrogen) atoms. The van der Waals surface area contributed by atoms with Crippen LogP contribution < -0.4 is 10.1 Å². The number of amides is 1. The molecule has 1 saturated heterocycles. The van der Waals surface area contributed by atoms with Gasteiger partial charge in [0.1, 0.15) is 23.0 Å². The molecular formula is C22H16Cl2N2O3S. The van der Waals surface area contributed by atoms with Crippen LogP contribution in [0.1, 0.15) is 12.7 Å². The van der Waals surface area contributed by atoms with Crippen molar-refractivity contribution in [1.29, 1.82) is 0 Å². The second kappa shape index (κ2) is 9.00. The summed E-state index contributed by atoms with van der Waals surface area (Å²) in [5, 5.41) is 4.33. The first-order valence-electron chi connectivity index (χ1n) is 9.10. The van der Waals surface area contributed by atoms with E-state index in [2.05, 4.69) is 10.3 Å². The predicted octanol–water partition coefficient (Wildman–Crippen LogP) is 6.54. The van der Waals surface area contributed by atoms with Crippen molar-refractivity contribution in [2.75, 3.05) is 6.61 Å². The molecule has 1 amide bonds. The number of hydrogen-bond acceptors (Lipinski definition) is 5. The molecule has 0 aliphatic carbocycles. The smallest absolute Gasteiger partial charge is 0.264 e. The van der Waals surface area contributed by atoms with Crippen LogP contribution in [0.4, 0.5) is 5.69 Å². The van der Waals surface area contributed by atoms with E-state index in [1.807, 2.05) is 31.2 Å². The molecule has 8 heteroatoms. The maximum Gasteiger partial charge on any atom is 0.264 e. The van der Waals surface area contributed by atoms with E-state index < -0.39 is 0 Å². The molecule has 1 aliphatic rings. The standard InChI is InChI=1S/C22H16Cl2N2O3S/c1-2-28-19-6-4-3-5-17(19)25-22-26-21(27)20(30-22)12-14-8-10-18(29-14)15-11-13(23)7-9-16(15)24/h3-12H,2H2,1H3,(H,25,26,27)/b20-12+. The molecule has 0 atom stereocenters. The number of ether oxygens (including phenoxy) is 1. The van der Waals surface area contributed by atoms with Crippen LogP contribution in [0.25, 0.3) is 17.4 Å². The molecule has 1 fully saturated rings. The highest BCUT2D eigenvalue weighted by Gasteiger charge is 2.25. The summed E-state index contributed by atoms with van der Waals surface area (Å²) in [7, 11) is 0. The van der Waals surface area contributed by atoms with Crippen molar-refractivity contribution in [3.8, 4) is 17.1 Å². The van der Waals surface area contributed by atoms with Crippen molar-refractivity contribution in [2.45, 2.75) is 6.92 Å². The quantitative estimate of drug-likeness (QED) is 0.440. The van der Waals surface area contributed by atoms with Gasteiger partial charge in [0.15, 0.2) is 5.17 Å². The van der Waals surface area contributed by atoms with Gasteiger partial charge in [-0.1, -0.05) is 35.3 Å². The number of amidine groups is 1. The maximum absolute atomic E-state index is 12.4. The van der Waals surface area contributed by atoms with Crippen molar-refractivity contribution in [3.63, 3.8) is 0 Å². The van der Waals surface area contributed by atoms with Gasteiger partial charge in [-0.25, -0.2) is 4.99 Å². The van der Waals surface area contributed by atoms with Crippen molar-refractivity contribution < 1.29 is 13.9 Å². The maximum atomic E-state index is 12.4. The lowest BCUT2D eigenvalue weighted by Crippen LogP contribution is -2.19. The Morgan fingerprint density at radius 2 is 2.00 bits per heavy atom. The molecule has 0 bridgehead atoms. The minimum atomic E-state index is -0.244. The van der Waals surface area contributed by atoms with Gasteiger partial charge in [-0.2, -0.15) is 0 Å². The molecular weight excluding hydrogens is 443 g/mol. The SMILES string of the molecule is CCOc1ccccc1N=C1NC(=O)/C(=C\c2ccc(-c3cc(Cl)ccc3Cl)o2)S1. The summed E-state index contributed by atoms with van der Waals surface area (Å²) in [6, 6.07) is 16.1. The van der Waals surface area contributed by atoms with E-state index in [0.717, 1.165) is 0 Å². The number of thioether (sulfide) groups is 1. The number of benzene rings is 2. The summed E-state index contributed by atoms with van der Waals surface area (Å²) in [5.41, 5.74) is 1.34. The Morgan fingerprint density at radius 3 is 2.83 bits per heavy atom.